The Morgan fingerprint density at radius 2 is 1.89 bits per heavy atom. The van der Waals surface area contributed by atoms with Crippen molar-refractivity contribution < 1.29 is 12.6 Å². The van der Waals surface area contributed by atoms with Crippen molar-refractivity contribution in [2.24, 2.45) is 5.92 Å². The summed E-state index contributed by atoms with van der Waals surface area (Å²) in [6.45, 7) is 5.70. The minimum atomic E-state index is -3.65. The second-order valence-corrected chi connectivity index (χ2v) is 7.00. The standard InChI is InChI=1S/C14H21NO3S/c1-11-4-6-13(7-5-11)19(16,17)18-14-8-9-15(3)10-12(14)2/h4-7,12,14H,8-10H2,1-3H3/t12-,14-/m0/s1. The largest absolute Gasteiger partial charge is 0.306 e. The molecule has 0 unspecified atom stereocenters. The van der Waals surface area contributed by atoms with Crippen molar-refractivity contribution in [2.75, 3.05) is 20.1 Å². The summed E-state index contributed by atoms with van der Waals surface area (Å²) in [6, 6.07) is 6.78. The second-order valence-electron chi connectivity index (χ2n) is 5.43. The molecule has 0 aliphatic carbocycles. The molecule has 0 amide bonds. The Balaban J connectivity index is 2.11. The van der Waals surface area contributed by atoms with Gasteiger partial charge in [-0.05, 0) is 38.4 Å². The van der Waals surface area contributed by atoms with E-state index in [1.54, 1.807) is 24.3 Å². The van der Waals surface area contributed by atoms with E-state index in [2.05, 4.69) is 4.90 Å². The molecular formula is C14H21NO3S. The van der Waals surface area contributed by atoms with E-state index in [1.165, 1.54) is 0 Å². The topological polar surface area (TPSA) is 46.6 Å². The van der Waals surface area contributed by atoms with E-state index in [1.807, 2.05) is 20.9 Å². The summed E-state index contributed by atoms with van der Waals surface area (Å²) in [5, 5.41) is 0. The van der Waals surface area contributed by atoms with Crippen LogP contribution in [-0.2, 0) is 14.3 Å². The minimum absolute atomic E-state index is 0.220. The lowest BCUT2D eigenvalue weighted by Crippen LogP contribution is -2.41. The van der Waals surface area contributed by atoms with Crippen molar-refractivity contribution in [3.63, 3.8) is 0 Å². The number of likely N-dealkylation sites (tertiary alicyclic amines) is 1. The van der Waals surface area contributed by atoms with E-state index < -0.39 is 10.1 Å². The predicted octanol–water partition coefficient (Wildman–Crippen LogP) is 2.04. The molecule has 1 aliphatic heterocycles. The van der Waals surface area contributed by atoms with Crippen molar-refractivity contribution >= 4 is 10.1 Å². The highest BCUT2D eigenvalue weighted by molar-refractivity contribution is 7.86. The highest BCUT2D eigenvalue weighted by Crippen LogP contribution is 2.24. The van der Waals surface area contributed by atoms with Crippen LogP contribution in [0.25, 0.3) is 0 Å². The molecule has 4 nitrogen and oxygen atoms in total. The summed E-state index contributed by atoms with van der Waals surface area (Å²) in [7, 11) is -1.60. The first-order valence-corrected chi connectivity index (χ1v) is 7.98. The fourth-order valence-electron chi connectivity index (χ4n) is 2.40. The Kier molecular flexibility index (Phi) is 4.28. The summed E-state index contributed by atoms with van der Waals surface area (Å²) >= 11 is 0. The third kappa shape index (κ3) is 3.55. The second kappa shape index (κ2) is 5.61. The van der Waals surface area contributed by atoms with Gasteiger partial charge in [-0.25, -0.2) is 0 Å². The first-order valence-electron chi connectivity index (χ1n) is 6.57. The fourth-order valence-corrected chi connectivity index (χ4v) is 3.59. The Hall–Kier alpha value is -0.910. The van der Waals surface area contributed by atoms with Crippen LogP contribution in [0.4, 0.5) is 0 Å². The van der Waals surface area contributed by atoms with Crippen LogP contribution in [0.2, 0.25) is 0 Å². The Morgan fingerprint density at radius 1 is 1.26 bits per heavy atom. The lowest BCUT2D eigenvalue weighted by molar-refractivity contribution is 0.0689. The molecule has 1 aromatic rings. The van der Waals surface area contributed by atoms with Crippen LogP contribution in [0, 0.1) is 12.8 Å². The van der Waals surface area contributed by atoms with Crippen molar-refractivity contribution in [3.05, 3.63) is 29.8 Å². The van der Waals surface area contributed by atoms with Crippen molar-refractivity contribution in [3.8, 4) is 0 Å². The number of hydrogen-bond acceptors (Lipinski definition) is 4. The number of nitrogens with zero attached hydrogens (tertiary/aromatic N) is 1. The van der Waals surface area contributed by atoms with E-state index in [9.17, 15) is 8.42 Å². The maximum atomic E-state index is 12.2. The summed E-state index contributed by atoms with van der Waals surface area (Å²) in [5.74, 6) is 0.221. The molecular weight excluding hydrogens is 262 g/mol. The summed E-state index contributed by atoms with van der Waals surface area (Å²) in [4.78, 5) is 2.44. The molecule has 2 rings (SSSR count). The molecule has 5 heteroatoms. The van der Waals surface area contributed by atoms with Crippen LogP contribution < -0.4 is 0 Å². The van der Waals surface area contributed by atoms with E-state index in [-0.39, 0.29) is 16.9 Å². The zero-order chi connectivity index (χ0) is 14.0. The van der Waals surface area contributed by atoms with E-state index >= 15 is 0 Å². The maximum Gasteiger partial charge on any atom is 0.297 e. The van der Waals surface area contributed by atoms with Crippen molar-refractivity contribution in [1.29, 1.82) is 0 Å². The predicted molar refractivity (Wildman–Crippen MR) is 74.5 cm³/mol. The minimum Gasteiger partial charge on any atom is -0.306 e. The lowest BCUT2D eigenvalue weighted by atomic mass is 9.97. The van der Waals surface area contributed by atoms with E-state index in [0.717, 1.165) is 25.1 Å². The van der Waals surface area contributed by atoms with Crippen LogP contribution in [0.5, 0.6) is 0 Å². The SMILES string of the molecule is Cc1ccc(S(=O)(=O)O[C@H]2CCN(C)C[C@@H]2C)cc1. The number of piperidine rings is 1. The molecule has 2 atom stereocenters. The maximum absolute atomic E-state index is 12.2. The van der Waals surface area contributed by atoms with Crippen LogP contribution in [0.1, 0.15) is 18.9 Å². The van der Waals surface area contributed by atoms with Gasteiger partial charge in [-0.15, -0.1) is 0 Å². The number of aryl methyl sites for hydroxylation is 1. The molecule has 0 spiro atoms. The van der Waals surface area contributed by atoms with Crippen molar-refractivity contribution in [2.45, 2.75) is 31.3 Å². The normalized spacial score (nSPS) is 25.4. The molecule has 1 aromatic carbocycles. The van der Waals surface area contributed by atoms with Gasteiger partial charge in [0, 0.05) is 13.1 Å². The van der Waals surface area contributed by atoms with Gasteiger partial charge in [-0.1, -0.05) is 24.6 Å². The van der Waals surface area contributed by atoms with Gasteiger partial charge in [0.25, 0.3) is 10.1 Å². The molecule has 1 fully saturated rings. The molecule has 106 valence electrons. The molecule has 1 saturated heterocycles. The monoisotopic (exact) mass is 283 g/mol. The van der Waals surface area contributed by atoms with Crippen LogP contribution >= 0.6 is 0 Å². The average Bonchev–Trinajstić information content (AvgIpc) is 2.33. The van der Waals surface area contributed by atoms with Gasteiger partial charge in [-0.3, -0.25) is 4.18 Å². The van der Waals surface area contributed by atoms with Crippen LogP contribution in [0.3, 0.4) is 0 Å². The molecule has 0 bridgehead atoms. The molecule has 0 radical (unpaired) electrons. The van der Waals surface area contributed by atoms with E-state index in [4.69, 9.17) is 4.18 Å². The Labute approximate surface area is 115 Å². The molecule has 1 aliphatic rings. The first-order chi connectivity index (χ1) is 8.88. The van der Waals surface area contributed by atoms with Gasteiger partial charge in [-0.2, -0.15) is 8.42 Å². The van der Waals surface area contributed by atoms with E-state index in [0.29, 0.717) is 0 Å². The number of rotatable bonds is 3. The number of benzene rings is 1. The fraction of sp³-hybridized carbons (Fsp3) is 0.571. The average molecular weight is 283 g/mol. The first kappa shape index (κ1) is 14.5. The molecule has 19 heavy (non-hydrogen) atoms. The highest BCUT2D eigenvalue weighted by atomic mass is 32.2. The zero-order valence-corrected chi connectivity index (χ0v) is 12.5. The summed E-state index contributed by atoms with van der Waals surface area (Å²) < 4.78 is 29.8. The van der Waals surface area contributed by atoms with Crippen LogP contribution in [-0.4, -0.2) is 39.6 Å². The summed E-state index contributed by atoms with van der Waals surface area (Å²) in [6.07, 6.45) is 0.533. The lowest BCUT2D eigenvalue weighted by Gasteiger charge is -2.33. The van der Waals surface area contributed by atoms with Gasteiger partial charge in [0.05, 0.1) is 11.0 Å². The highest BCUT2D eigenvalue weighted by Gasteiger charge is 2.30. The third-order valence-corrected chi connectivity index (χ3v) is 4.94. The van der Waals surface area contributed by atoms with Gasteiger partial charge in [0.1, 0.15) is 0 Å². The number of hydrogen-bond donors (Lipinski definition) is 0. The Bertz CT molecular complexity index is 524. The van der Waals surface area contributed by atoms with Crippen molar-refractivity contribution in [1.82, 2.24) is 4.90 Å². The smallest absolute Gasteiger partial charge is 0.297 e. The Morgan fingerprint density at radius 3 is 2.47 bits per heavy atom. The molecule has 1 heterocycles. The molecule has 0 N–H and O–H groups in total. The van der Waals surface area contributed by atoms with Gasteiger partial charge >= 0.3 is 0 Å². The third-order valence-electron chi connectivity index (χ3n) is 3.59. The summed E-state index contributed by atoms with van der Waals surface area (Å²) in [5.41, 5.74) is 1.03. The zero-order valence-electron chi connectivity index (χ0n) is 11.7. The molecule has 0 aromatic heterocycles. The van der Waals surface area contributed by atoms with Gasteiger partial charge in [0.15, 0.2) is 0 Å². The molecule has 0 saturated carbocycles. The van der Waals surface area contributed by atoms with Crippen LogP contribution in [0.15, 0.2) is 29.2 Å². The van der Waals surface area contributed by atoms with Gasteiger partial charge < -0.3 is 4.90 Å². The quantitative estimate of drug-likeness (QED) is 0.796. The van der Waals surface area contributed by atoms with Gasteiger partial charge in [0.2, 0.25) is 0 Å².